The van der Waals surface area contributed by atoms with Gasteiger partial charge in [0.2, 0.25) is 0 Å². The average Bonchev–Trinajstić information content (AvgIpc) is 3.45. The van der Waals surface area contributed by atoms with Gasteiger partial charge in [-0.15, -0.1) is 13.2 Å². The number of aromatic amines is 1. The second kappa shape index (κ2) is 6.44. The number of amides is 1. The van der Waals surface area contributed by atoms with E-state index in [9.17, 15) is 18.0 Å². The van der Waals surface area contributed by atoms with Crippen molar-refractivity contribution in [2.75, 3.05) is 6.54 Å². The van der Waals surface area contributed by atoms with Crippen LogP contribution in [-0.2, 0) is 12.7 Å². The standard InChI is InChI=1S/C19H13F4N5O2/c20-14-10-3-1-2-4-13(10)30-17(14)16-15-11(24-9-25-15)6-8-27(16)18(29)12-5-7-26-28(12)19(21,22)23/h1-5,7,9,16H,6,8H2,(H,24,25)/t16-/m0/s1. The predicted molar refractivity (Wildman–Crippen MR) is 94.9 cm³/mol. The number of halogens is 4. The van der Waals surface area contributed by atoms with Crippen molar-refractivity contribution in [1.82, 2.24) is 24.6 Å². The molecule has 4 heterocycles. The molecule has 3 aromatic heterocycles. The van der Waals surface area contributed by atoms with Gasteiger partial charge < -0.3 is 14.3 Å². The molecule has 1 aliphatic heterocycles. The number of carbonyl (C=O) groups is 1. The Hall–Kier alpha value is -3.63. The second-order valence-electron chi connectivity index (χ2n) is 6.79. The number of para-hydroxylation sites is 1. The first kappa shape index (κ1) is 18.4. The Balaban J connectivity index is 1.66. The van der Waals surface area contributed by atoms with Crippen LogP contribution in [0.2, 0.25) is 0 Å². The van der Waals surface area contributed by atoms with Crippen LogP contribution in [0.4, 0.5) is 17.6 Å². The van der Waals surface area contributed by atoms with Crippen LogP contribution in [0, 0.1) is 5.82 Å². The number of hydrogen-bond acceptors (Lipinski definition) is 4. The highest BCUT2D eigenvalue weighted by molar-refractivity contribution is 5.93. The molecule has 5 rings (SSSR count). The number of rotatable bonds is 2. The van der Waals surface area contributed by atoms with Crippen LogP contribution in [0.1, 0.15) is 33.7 Å². The van der Waals surface area contributed by atoms with Crippen molar-refractivity contribution in [2.45, 2.75) is 18.8 Å². The van der Waals surface area contributed by atoms with E-state index in [1.807, 2.05) is 0 Å². The SMILES string of the molecule is O=C(c1ccnn1C(F)(F)F)N1CCc2[nH]cnc2[C@H]1c1oc2ccccc2c1F. The van der Waals surface area contributed by atoms with Gasteiger partial charge >= 0.3 is 6.30 Å². The zero-order valence-electron chi connectivity index (χ0n) is 15.2. The Bertz CT molecular complexity index is 1260. The van der Waals surface area contributed by atoms with Crippen molar-refractivity contribution in [2.24, 2.45) is 0 Å². The lowest BCUT2D eigenvalue weighted by atomic mass is 9.99. The Morgan fingerprint density at radius 2 is 2.03 bits per heavy atom. The van der Waals surface area contributed by atoms with Gasteiger partial charge in [0.05, 0.1) is 23.6 Å². The van der Waals surface area contributed by atoms with E-state index in [-0.39, 0.29) is 28.0 Å². The van der Waals surface area contributed by atoms with Gasteiger partial charge in [0, 0.05) is 18.7 Å². The van der Waals surface area contributed by atoms with Crippen LogP contribution < -0.4 is 0 Å². The van der Waals surface area contributed by atoms with Crippen LogP contribution in [0.3, 0.4) is 0 Å². The van der Waals surface area contributed by atoms with Crippen molar-refractivity contribution in [3.8, 4) is 0 Å². The second-order valence-corrected chi connectivity index (χ2v) is 6.79. The molecule has 0 aliphatic carbocycles. The Morgan fingerprint density at radius 1 is 1.23 bits per heavy atom. The lowest BCUT2D eigenvalue weighted by Gasteiger charge is -2.33. The summed E-state index contributed by atoms with van der Waals surface area (Å²) in [5.74, 6) is -1.83. The zero-order valence-corrected chi connectivity index (χ0v) is 15.2. The fraction of sp³-hybridized carbons (Fsp3) is 0.211. The molecule has 0 fully saturated rings. The summed E-state index contributed by atoms with van der Waals surface area (Å²) in [6.45, 7) is 0.0399. The highest BCUT2D eigenvalue weighted by atomic mass is 19.4. The van der Waals surface area contributed by atoms with Crippen LogP contribution in [-0.4, -0.2) is 37.1 Å². The first-order chi connectivity index (χ1) is 14.4. The molecule has 0 saturated carbocycles. The monoisotopic (exact) mass is 419 g/mol. The number of aromatic nitrogens is 4. The smallest absolute Gasteiger partial charge is 0.455 e. The molecule has 1 N–H and O–H groups in total. The summed E-state index contributed by atoms with van der Waals surface area (Å²) < 4.78 is 60.4. The number of nitrogens with one attached hydrogen (secondary N) is 1. The largest absolute Gasteiger partial charge is 0.505 e. The number of fused-ring (bicyclic) bond motifs is 2. The molecule has 11 heteroatoms. The van der Waals surface area contributed by atoms with Crippen molar-refractivity contribution < 1.29 is 26.8 Å². The van der Waals surface area contributed by atoms with E-state index in [4.69, 9.17) is 4.42 Å². The van der Waals surface area contributed by atoms with Crippen LogP contribution in [0.15, 0.2) is 47.3 Å². The fourth-order valence-corrected chi connectivity index (χ4v) is 3.78. The number of benzene rings is 1. The van der Waals surface area contributed by atoms with E-state index in [0.717, 1.165) is 17.2 Å². The summed E-state index contributed by atoms with van der Waals surface area (Å²) in [4.78, 5) is 21.4. The van der Waals surface area contributed by atoms with E-state index in [2.05, 4.69) is 15.1 Å². The summed E-state index contributed by atoms with van der Waals surface area (Å²) in [5.41, 5.74) is 0.572. The molecule has 0 spiro atoms. The van der Waals surface area contributed by atoms with Crippen LogP contribution in [0.25, 0.3) is 11.0 Å². The van der Waals surface area contributed by atoms with Crippen molar-refractivity contribution in [1.29, 1.82) is 0 Å². The number of nitrogens with zero attached hydrogens (tertiary/aromatic N) is 4. The molecule has 0 radical (unpaired) electrons. The third-order valence-electron chi connectivity index (χ3n) is 5.10. The predicted octanol–water partition coefficient (Wildman–Crippen LogP) is 3.76. The minimum atomic E-state index is -4.87. The molecule has 1 aromatic carbocycles. The Kier molecular flexibility index (Phi) is 3.95. The van der Waals surface area contributed by atoms with E-state index in [0.29, 0.717) is 17.8 Å². The molecular formula is C19H13F4N5O2. The zero-order chi connectivity index (χ0) is 21.0. The highest BCUT2D eigenvalue weighted by Crippen LogP contribution is 2.39. The number of furan rings is 1. The molecule has 0 unspecified atom stereocenters. The summed E-state index contributed by atoms with van der Waals surface area (Å²) >= 11 is 0. The molecule has 1 aliphatic rings. The summed E-state index contributed by atoms with van der Waals surface area (Å²) in [5, 5.41) is 3.42. The summed E-state index contributed by atoms with van der Waals surface area (Å²) in [6, 6.07) is 6.24. The van der Waals surface area contributed by atoms with Gasteiger partial charge in [0.1, 0.15) is 17.3 Å². The van der Waals surface area contributed by atoms with Gasteiger partial charge in [0.15, 0.2) is 11.6 Å². The topological polar surface area (TPSA) is 80.0 Å². The maximum Gasteiger partial charge on any atom is 0.505 e. The molecule has 1 atom stereocenters. The van der Waals surface area contributed by atoms with Gasteiger partial charge in [-0.2, -0.15) is 9.78 Å². The van der Waals surface area contributed by atoms with Crippen molar-refractivity contribution in [3.05, 3.63) is 71.5 Å². The number of alkyl halides is 3. The van der Waals surface area contributed by atoms with E-state index in [1.54, 1.807) is 18.2 Å². The fourth-order valence-electron chi connectivity index (χ4n) is 3.78. The lowest BCUT2D eigenvalue weighted by Crippen LogP contribution is -2.42. The Labute approximate surface area is 165 Å². The molecule has 1 amide bonds. The molecule has 30 heavy (non-hydrogen) atoms. The maximum atomic E-state index is 15.2. The van der Waals surface area contributed by atoms with Crippen molar-refractivity contribution >= 4 is 16.9 Å². The molecule has 154 valence electrons. The van der Waals surface area contributed by atoms with Gasteiger partial charge in [-0.25, -0.2) is 9.37 Å². The quantitative estimate of drug-likeness (QED) is 0.502. The van der Waals surface area contributed by atoms with E-state index in [1.165, 1.54) is 12.4 Å². The van der Waals surface area contributed by atoms with Crippen LogP contribution >= 0.6 is 0 Å². The Morgan fingerprint density at radius 3 is 2.80 bits per heavy atom. The normalized spacial score (nSPS) is 16.8. The third kappa shape index (κ3) is 2.69. The molecule has 7 nitrogen and oxygen atoms in total. The minimum Gasteiger partial charge on any atom is -0.455 e. The summed E-state index contributed by atoms with van der Waals surface area (Å²) in [6.07, 6.45) is -2.27. The van der Waals surface area contributed by atoms with Gasteiger partial charge in [0.25, 0.3) is 5.91 Å². The number of H-pyrrole nitrogens is 1. The van der Waals surface area contributed by atoms with Gasteiger partial charge in [-0.3, -0.25) is 4.79 Å². The number of imidazole rings is 1. The van der Waals surface area contributed by atoms with Gasteiger partial charge in [-0.1, -0.05) is 12.1 Å². The highest BCUT2D eigenvalue weighted by Gasteiger charge is 2.42. The number of hydrogen-bond donors (Lipinski definition) is 1. The minimum absolute atomic E-state index is 0.0399. The maximum absolute atomic E-state index is 15.2. The first-order valence-corrected chi connectivity index (χ1v) is 8.97. The molecular weight excluding hydrogens is 406 g/mol. The van der Waals surface area contributed by atoms with Crippen molar-refractivity contribution in [3.63, 3.8) is 0 Å². The van der Waals surface area contributed by atoms with E-state index >= 15 is 4.39 Å². The molecule has 0 saturated heterocycles. The number of carbonyl (C=O) groups excluding carboxylic acids is 1. The molecule has 0 bridgehead atoms. The van der Waals surface area contributed by atoms with Gasteiger partial charge in [-0.05, 0) is 18.2 Å². The average molecular weight is 419 g/mol. The summed E-state index contributed by atoms with van der Waals surface area (Å²) in [7, 11) is 0. The first-order valence-electron chi connectivity index (χ1n) is 8.97. The van der Waals surface area contributed by atoms with Crippen LogP contribution in [0.5, 0.6) is 0 Å². The van der Waals surface area contributed by atoms with E-state index < -0.39 is 29.8 Å². The third-order valence-corrected chi connectivity index (χ3v) is 5.10. The molecule has 4 aromatic rings. The lowest BCUT2D eigenvalue weighted by molar-refractivity contribution is -0.213.